The molecule has 18 heavy (non-hydrogen) atoms. The van der Waals surface area contributed by atoms with E-state index >= 15 is 0 Å². The van der Waals surface area contributed by atoms with Crippen molar-refractivity contribution in [2.45, 2.75) is 25.8 Å². The van der Waals surface area contributed by atoms with Crippen LogP contribution in [0.4, 0.5) is 0 Å². The van der Waals surface area contributed by atoms with Crippen LogP contribution in [-0.2, 0) is 10.3 Å². The summed E-state index contributed by atoms with van der Waals surface area (Å²) in [6, 6.07) is 8.18. The second kappa shape index (κ2) is 5.45. The molecule has 2 rings (SSSR count). The summed E-state index contributed by atoms with van der Waals surface area (Å²) in [4.78, 5) is 15.8. The van der Waals surface area contributed by atoms with Crippen LogP contribution in [0.5, 0.6) is 0 Å². The predicted octanol–water partition coefficient (Wildman–Crippen LogP) is 3.29. The van der Waals surface area contributed by atoms with Crippen LogP contribution in [0.15, 0.2) is 33.7 Å². The molecular formula is C13H15BrN2OS. The summed E-state index contributed by atoms with van der Waals surface area (Å²) in [5, 5.41) is 3.50. The summed E-state index contributed by atoms with van der Waals surface area (Å²) < 4.78 is 1.05. The van der Waals surface area contributed by atoms with Gasteiger partial charge in [-0.25, -0.2) is 0 Å². The number of nitrogens with zero attached hydrogens (tertiary/aromatic N) is 1. The van der Waals surface area contributed by atoms with Crippen molar-refractivity contribution in [2.24, 2.45) is 4.99 Å². The summed E-state index contributed by atoms with van der Waals surface area (Å²) in [7, 11) is 0. The van der Waals surface area contributed by atoms with Crippen molar-refractivity contribution in [1.29, 1.82) is 0 Å². The van der Waals surface area contributed by atoms with E-state index in [1.165, 1.54) is 12.5 Å². The minimum absolute atomic E-state index is 0.0697. The van der Waals surface area contributed by atoms with E-state index in [0.717, 1.165) is 21.8 Å². The SMILES string of the molecule is CC(=O)NC1=NC(C)(c2cccc(Br)c2)CCS1. The normalized spacial score (nSPS) is 23.4. The van der Waals surface area contributed by atoms with Gasteiger partial charge in [0.05, 0.1) is 5.54 Å². The van der Waals surface area contributed by atoms with E-state index in [2.05, 4.69) is 40.3 Å². The molecular weight excluding hydrogens is 312 g/mol. The first kappa shape index (κ1) is 13.6. The Morgan fingerprint density at radius 1 is 1.56 bits per heavy atom. The molecule has 0 spiro atoms. The number of amidine groups is 1. The van der Waals surface area contributed by atoms with E-state index in [1.807, 2.05) is 12.1 Å². The van der Waals surface area contributed by atoms with Crippen molar-refractivity contribution in [3.63, 3.8) is 0 Å². The minimum Gasteiger partial charge on any atom is -0.306 e. The fourth-order valence-corrected chi connectivity index (χ4v) is 3.48. The quantitative estimate of drug-likeness (QED) is 0.860. The smallest absolute Gasteiger partial charge is 0.222 e. The van der Waals surface area contributed by atoms with Gasteiger partial charge in [0.1, 0.15) is 0 Å². The van der Waals surface area contributed by atoms with Gasteiger partial charge in [-0.2, -0.15) is 0 Å². The van der Waals surface area contributed by atoms with Crippen molar-refractivity contribution >= 4 is 38.8 Å². The predicted molar refractivity (Wildman–Crippen MR) is 79.8 cm³/mol. The van der Waals surface area contributed by atoms with Crippen LogP contribution in [0, 0.1) is 0 Å². The highest BCUT2D eigenvalue weighted by Crippen LogP contribution is 2.36. The maximum Gasteiger partial charge on any atom is 0.222 e. The van der Waals surface area contributed by atoms with Crippen molar-refractivity contribution in [3.05, 3.63) is 34.3 Å². The third kappa shape index (κ3) is 3.14. The number of aliphatic imine (C=N–C) groups is 1. The first-order chi connectivity index (χ1) is 8.49. The highest BCUT2D eigenvalue weighted by atomic mass is 79.9. The Kier molecular flexibility index (Phi) is 4.12. The van der Waals surface area contributed by atoms with Gasteiger partial charge in [-0.3, -0.25) is 9.79 Å². The van der Waals surface area contributed by atoms with Gasteiger partial charge in [-0.1, -0.05) is 39.8 Å². The molecule has 1 aliphatic heterocycles. The number of halogens is 1. The molecule has 0 bridgehead atoms. The molecule has 0 radical (unpaired) electrons. The number of carbonyl (C=O) groups excluding carboxylic acids is 1. The highest BCUT2D eigenvalue weighted by Gasteiger charge is 2.30. The van der Waals surface area contributed by atoms with Crippen molar-refractivity contribution in [2.75, 3.05) is 5.75 Å². The van der Waals surface area contributed by atoms with Gasteiger partial charge < -0.3 is 5.32 Å². The standard InChI is InChI=1S/C13H15BrN2OS/c1-9(17)15-12-16-13(2,6-7-18-12)10-4-3-5-11(14)8-10/h3-5,8H,6-7H2,1-2H3,(H,15,16,17). The molecule has 1 amide bonds. The number of benzene rings is 1. The molecule has 1 aromatic rings. The number of nitrogens with one attached hydrogen (secondary N) is 1. The maximum absolute atomic E-state index is 11.1. The topological polar surface area (TPSA) is 41.5 Å². The van der Waals surface area contributed by atoms with Gasteiger partial charge in [-0.15, -0.1) is 0 Å². The minimum atomic E-state index is -0.257. The number of thioether (sulfide) groups is 1. The number of hydrogen-bond donors (Lipinski definition) is 1. The van der Waals surface area contributed by atoms with Crippen LogP contribution >= 0.6 is 27.7 Å². The molecule has 3 nitrogen and oxygen atoms in total. The third-order valence-corrected chi connectivity index (χ3v) is 4.27. The lowest BCUT2D eigenvalue weighted by Gasteiger charge is -2.30. The molecule has 1 heterocycles. The Labute approximate surface area is 120 Å². The summed E-state index contributed by atoms with van der Waals surface area (Å²) in [5.41, 5.74) is 0.910. The lowest BCUT2D eigenvalue weighted by Crippen LogP contribution is -2.34. The zero-order valence-corrected chi connectivity index (χ0v) is 12.8. The molecule has 0 aliphatic carbocycles. The molecule has 1 aliphatic rings. The van der Waals surface area contributed by atoms with Gasteiger partial charge in [0.15, 0.2) is 5.17 Å². The molecule has 0 fully saturated rings. The average molecular weight is 327 g/mol. The first-order valence-corrected chi connectivity index (χ1v) is 7.54. The van der Waals surface area contributed by atoms with Crippen LogP contribution < -0.4 is 5.32 Å². The molecule has 0 aromatic heterocycles. The van der Waals surface area contributed by atoms with Crippen LogP contribution in [0.3, 0.4) is 0 Å². The van der Waals surface area contributed by atoms with Gasteiger partial charge in [0, 0.05) is 17.1 Å². The highest BCUT2D eigenvalue weighted by molar-refractivity contribution is 9.10. The van der Waals surface area contributed by atoms with Gasteiger partial charge in [0.25, 0.3) is 0 Å². The maximum atomic E-state index is 11.1. The summed E-state index contributed by atoms with van der Waals surface area (Å²) >= 11 is 5.08. The van der Waals surface area contributed by atoms with Crippen molar-refractivity contribution < 1.29 is 4.79 Å². The first-order valence-electron chi connectivity index (χ1n) is 5.76. The molecule has 1 unspecified atom stereocenters. The molecule has 1 aromatic carbocycles. The molecule has 5 heteroatoms. The van der Waals surface area contributed by atoms with E-state index in [0.29, 0.717) is 0 Å². The van der Waals surface area contributed by atoms with Crippen molar-refractivity contribution in [3.8, 4) is 0 Å². The average Bonchev–Trinajstić information content (AvgIpc) is 2.28. The monoisotopic (exact) mass is 326 g/mol. The second-order valence-corrected chi connectivity index (χ2v) is 6.48. The Bertz CT molecular complexity index is 504. The Morgan fingerprint density at radius 3 is 3.00 bits per heavy atom. The van der Waals surface area contributed by atoms with E-state index in [1.54, 1.807) is 11.8 Å². The number of carbonyl (C=O) groups is 1. The largest absolute Gasteiger partial charge is 0.306 e. The Balaban J connectivity index is 2.32. The van der Waals surface area contributed by atoms with Crippen LogP contribution in [0.2, 0.25) is 0 Å². The second-order valence-electron chi connectivity index (χ2n) is 4.48. The van der Waals surface area contributed by atoms with Gasteiger partial charge in [-0.05, 0) is 31.0 Å². The van der Waals surface area contributed by atoms with Gasteiger partial charge >= 0.3 is 0 Å². The summed E-state index contributed by atoms with van der Waals surface area (Å²) in [6.07, 6.45) is 0.969. The number of amides is 1. The number of rotatable bonds is 1. The van der Waals surface area contributed by atoms with E-state index < -0.39 is 0 Å². The molecule has 0 saturated carbocycles. The lowest BCUT2D eigenvalue weighted by molar-refractivity contribution is -0.117. The summed E-state index contributed by atoms with van der Waals surface area (Å²) in [5.74, 6) is 0.891. The van der Waals surface area contributed by atoms with E-state index in [4.69, 9.17) is 4.99 Å². The van der Waals surface area contributed by atoms with Crippen molar-refractivity contribution in [1.82, 2.24) is 5.32 Å². The zero-order chi connectivity index (χ0) is 13.2. The van der Waals surface area contributed by atoms with E-state index in [-0.39, 0.29) is 11.4 Å². The molecule has 0 saturated heterocycles. The lowest BCUT2D eigenvalue weighted by atomic mass is 9.90. The van der Waals surface area contributed by atoms with Gasteiger partial charge in [0.2, 0.25) is 5.91 Å². The van der Waals surface area contributed by atoms with Crippen LogP contribution in [-0.4, -0.2) is 16.8 Å². The van der Waals surface area contributed by atoms with Crippen LogP contribution in [0.25, 0.3) is 0 Å². The Hall–Kier alpha value is -0.810. The fraction of sp³-hybridized carbons (Fsp3) is 0.385. The third-order valence-electron chi connectivity index (χ3n) is 2.91. The number of hydrogen-bond acceptors (Lipinski definition) is 3. The fourth-order valence-electron chi connectivity index (χ4n) is 1.91. The van der Waals surface area contributed by atoms with E-state index in [9.17, 15) is 4.79 Å². The molecule has 1 atom stereocenters. The van der Waals surface area contributed by atoms with Crippen LogP contribution in [0.1, 0.15) is 25.8 Å². The zero-order valence-electron chi connectivity index (χ0n) is 10.4. The Morgan fingerprint density at radius 2 is 2.33 bits per heavy atom. The molecule has 1 N–H and O–H groups in total. The summed E-state index contributed by atoms with van der Waals surface area (Å²) in [6.45, 7) is 3.62. The molecule has 96 valence electrons.